The normalized spacial score (nSPS) is 24.6. The standard InChI is InChI=1S/C14H16FIO/c1-9-2-4-10(5-3-9)14(17)12-7-6-11(15)8-13(12)16/h6-10H,2-5H2,1H3. The zero-order valence-electron chi connectivity index (χ0n) is 9.88. The molecule has 0 saturated heterocycles. The van der Waals surface area contributed by atoms with E-state index in [1.165, 1.54) is 12.1 Å². The predicted octanol–water partition coefficient (Wildman–Crippen LogP) is 4.44. The van der Waals surface area contributed by atoms with E-state index in [4.69, 9.17) is 0 Å². The first kappa shape index (κ1) is 13.0. The number of carbonyl (C=O) groups is 1. The second-order valence-corrected chi connectivity index (χ2v) is 6.11. The number of Topliss-reactive ketones (excluding diaryl/α,β-unsaturated/α-hetero) is 1. The summed E-state index contributed by atoms with van der Waals surface area (Å²) < 4.78 is 13.7. The summed E-state index contributed by atoms with van der Waals surface area (Å²) >= 11 is 2.04. The molecule has 0 heterocycles. The Morgan fingerprint density at radius 2 is 1.94 bits per heavy atom. The van der Waals surface area contributed by atoms with Gasteiger partial charge in [0, 0.05) is 15.1 Å². The van der Waals surface area contributed by atoms with Crippen LogP contribution in [-0.4, -0.2) is 5.78 Å². The summed E-state index contributed by atoms with van der Waals surface area (Å²) in [5, 5.41) is 0. The maximum Gasteiger partial charge on any atom is 0.167 e. The lowest BCUT2D eigenvalue weighted by Crippen LogP contribution is -2.21. The van der Waals surface area contributed by atoms with Gasteiger partial charge in [-0.05, 0) is 59.5 Å². The molecule has 0 N–H and O–H groups in total. The average Bonchev–Trinajstić information content (AvgIpc) is 2.29. The minimum Gasteiger partial charge on any atom is -0.294 e. The molecule has 0 spiro atoms. The van der Waals surface area contributed by atoms with E-state index in [2.05, 4.69) is 6.92 Å². The molecule has 0 aliphatic heterocycles. The highest BCUT2D eigenvalue weighted by Gasteiger charge is 2.26. The molecule has 1 nitrogen and oxygen atoms in total. The van der Waals surface area contributed by atoms with Gasteiger partial charge in [0.05, 0.1) is 0 Å². The van der Waals surface area contributed by atoms with Crippen LogP contribution in [0.5, 0.6) is 0 Å². The Balaban J connectivity index is 2.14. The predicted molar refractivity (Wildman–Crippen MR) is 74.6 cm³/mol. The van der Waals surface area contributed by atoms with E-state index in [9.17, 15) is 9.18 Å². The topological polar surface area (TPSA) is 17.1 Å². The number of benzene rings is 1. The van der Waals surface area contributed by atoms with Gasteiger partial charge in [-0.25, -0.2) is 4.39 Å². The van der Waals surface area contributed by atoms with Crippen molar-refractivity contribution in [2.75, 3.05) is 0 Å². The van der Waals surface area contributed by atoms with Crippen molar-refractivity contribution in [2.45, 2.75) is 32.6 Å². The van der Waals surface area contributed by atoms with E-state index in [1.807, 2.05) is 22.6 Å². The second kappa shape index (κ2) is 5.46. The Bertz CT molecular complexity index is 422. The Labute approximate surface area is 115 Å². The van der Waals surface area contributed by atoms with Crippen LogP contribution in [0, 0.1) is 21.2 Å². The van der Waals surface area contributed by atoms with Crippen molar-refractivity contribution < 1.29 is 9.18 Å². The van der Waals surface area contributed by atoms with Crippen LogP contribution in [0.1, 0.15) is 43.0 Å². The molecular weight excluding hydrogens is 330 g/mol. The molecule has 1 aliphatic carbocycles. The van der Waals surface area contributed by atoms with Crippen LogP contribution in [0.2, 0.25) is 0 Å². The first-order valence-electron chi connectivity index (χ1n) is 6.07. The number of rotatable bonds is 2. The van der Waals surface area contributed by atoms with Gasteiger partial charge >= 0.3 is 0 Å². The summed E-state index contributed by atoms with van der Waals surface area (Å²) in [5.74, 6) is 0.807. The zero-order valence-corrected chi connectivity index (χ0v) is 12.0. The van der Waals surface area contributed by atoms with Crippen LogP contribution in [0.15, 0.2) is 18.2 Å². The molecule has 0 aromatic heterocycles. The average molecular weight is 346 g/mol. The SMILES string of the molecule is CC1CCC(C(=O)c2ccc(F)cc2I)CC1. The van der Waals surface area contributed by atoms with Gasteiger partial charge < -0.3 is 0 Å². The van der Waals surface area contributed by atoms with E-state index < -0.39 is 0 Å². The Hall–Kier alpha value is -0.450. The first-order chi connectivity index (χ1) is 8.08. The number of hydrogen-bond acceptors (Lipinski definition) is 1. The summed E-state index contributed by atoms with van der Waals surface area (Å²) in [6.45, 7) is 2.24. The van der Waals surface area contributed by atoms with Crippen LogP contribution in [0.4, 0.5) is 4.39 Å². The molecular formula is C14H16FIO. The van der Waals surface area contributed by atoms with E-state index in [1.54, 1.807) is 6.07 Å². The number of halogens is 2. The van der Waals surface area contributed by atoms with Crippen molar-refractivity contribution in [3.8, 4) is 0 Å². The molecule has 2 rings (SSSR count). The van der Waals surface area contributed by atoms with Crippen molar-refractivity contribution in [3.63, 3.8) is 0 Å². The lowest BCUT2D eigenvalue weighted by atomic mass is 9.79. The largest absolute Gasteiger partial charge is 0.294 e. The van der Waals surface area contributed by atoms with E-state index in [-0.39, 0.29) is 17.5 Å². The van der Waals surface area contributed by atoms with E-state index in [0.717, 1.165) is 35.2 Å². The summed E-state index contributed by atoms with van der Waals surface area (Å²) in [6.07, 6.45) is 4.23. The lowest BCUT2D eigenvalue weighted by molar-refractivity contribution is 0.0874. The number of hydrogen-bond donors (Lipinski definition) is 0. The molecule has 1 aromatic carbocycles. The van der Waals surface area contributed by atoms with Crippen molar-refractivity contribution in [2.24, 2.45) is 11.8 Å². The third-order valence-electron chi connectivity index (χ3n) is 3.58. The third-order valence-corrected chi connectivity index (χ3v) is 4.48. The molecule has 0 unspecified atom stereocenters. The quantitative estimate of drug-likeness (QED) is 0.572. The van der Waals surface area contributed by atoms with Gasteiger partial charge in [0.15, 0.2) is 5.78 Å². The van der Waals surface area contributed by atoms with Gasteiger partial charge in [-0.3, -0.25) is 4.79 Å². The highest BCUT2D eigenvalue weighted by molar-refractivity contribution is 14.1. The molecule has 0 bridgehead atoms. The fourth-order valence-electron chi connectivity index (χ4n) is 2.43. The van der Waals surface area contributed by atoms with Crippen LogP contribution in [-0.2, 0) is 0 Å². The Morgan fingerprint density at radius 1 is 1.29 bits per heavy atom. The molecule has 92 valence electrons. The molecule has 1 aliphatic rings. The number of ketones is 1. The summed E-state index contributed by atoms with van der Waals surface area (Å²) in [5.41, 5.74) is 0.687. The molecule has 17 heavy (non-hydrogen) atoms. The molecule has 1 fully saturated rings. The van der Waals surface area contributed by atoms with E-state index >= 15 is 0 Å². The van der Waals surface area contributed by atoms with Crippen molar-refractivity contribution in [3.05, 3.63) is 33.1 Å². The highest BCUT2D eigenvalue weighted by atomic mass is 127. The zero-order chi connectivity index (χ0) is 12.4. The maximum atomic E-state index is 13.0. The third kappa shape index (κ3) is 3.06. The van der Waals surface area contributed by atoms with Crippen LogP contribution in [0.25, 0.3) is 0 Å². The molecule has 0 atom stereocenters. The van der Waals surface area contributed by atoms with E-state index in [0.29, 0.717) is 5.56 Å². The van der Waals surface area contributed by atoms with Gasteiger partial charge in [0.2, 0.25) is 0 Å². The van der Waals surface area contributed by atoms with Crippen molar-refractivity contribution in [1.29, 1.82) is 0 Å². The Kier molecular flexibility index (Phi) is 4.17. The van der Waals surface area contributed by atoms with Gasteiger partial charge in [-0.15, -0.1) is 0 Å². The monoisotopic (exact) mass is 346 g/mol. The fourth-order valence-corrected chi connectivity index (χ4v) is 3.17. The fraction of sp³-hybridized carbons (Fsp3) is 0.500. The Morgan fingerprint density at radius 3 is 2.53 bits per heavy atom. The summed E-state index contributed by atoms with van der Waals surface area (Å²) in [7, 11) is 0. The van der Waals surface area contributed by atoms with Gasteiger partial charge in [0.1, 0.15) is 5.82 Å². The smallest absolute Gasteiger partial charge is 0.167 e. The van der Waals surface area contributed by atoms with Crippen molar-refractivity contribution >= 4 is 28.4 Å². The summed E-state index contributed by atoms with van der Waals surface area (Å²) in [6, 6.07) is 4.43. The molecule has 0 amide bonds. The first-order valence-corrected chi connectivity index (χ1v) is 7.15. The second-order valence-electron chi connectivity index (χ2n) is 4.95. The maximum absolute atomic E-state index is 13.0. The van der Waals surface area contributed by atoms with Gasteiger partial charge in [-0.2, -0.15) is 0 Å². The van der Waals surface area contributed by atoms with Crippen LogP contribution >= 0.6 is 22.6 Å². The minimum absolute atomic E-state index is 0.144. The lowest BCUT2D eigenvalue weighted by Gasteiger charge is -2.25. The number of carbonyl (C=O) groups excluding carboxylic acids is 1. The van der Waals surface area contributed by atoms with Crippen LogP contribution < -0.4 is 0 Å². The summed E-state index contributed by atoms with van der Waals surface area (Å²) in [4.78, 5) is 12.3. The van der Waals surface area contributed by atoms with Crippen molar-refractivity contribution in [1.82, 2.24) is 0 Å². The van der Waals surface area contributed by atoms with Gasteiger partial charge in [-0.1, -0.05) is 19.8 Å². The molecule has 0 radical (unpaired) electrons. The molecule has 3 heteroatoms. The van der Waals surface area contributed by atoms with Gasteiger partial charge in [0.25, 0.3) is 0 Å². The highest BCUT2D eigenvalue weighted by Crippen LogP contribution is 2.31. The molecule has 1 aromatic rings. The minimum atomic E-state index is -0.275. The van der Waals surface area contributed by atoms with Crippen LogP contribution in [0.3, 0.4) is 0 Å². The molecule has 1 saturated carbocycles.